The molecule has 1 amide bonds. The molecule has 3 heterocycles. The highest BCUT2D eigenvalue weighted by atomic mass is 32.2. The van der Waals surface area contributed by atoms with Crippen LogP contribution in [0, 0.1) is 17.8 Å². The van der Waals surface area contributed by atoms with Gasteiger partial charge in [-0.2, -0.15) is 23.4 Å². The molecule has 1 aliphatic carbocycles. The van der Waals surface area contributed by atoms with Crippen molar-refractivity contribution in [2.45, 2.75) is 55.0 Å². The van der Waals surface area contributed by atoms with Gasteiger partial charge < -0.3 is 10.6 Å². The predicted molar refractivity (Wildman–Crippen MR) is 127 cm³/mol. The van der Waals surface area contributed by atoms with Crippen molar-refractivity contribution in [2.75, 3.05) is 25.5 Å². The van der Waals surface area contributed by atoms with Gasteiger partial charge in [-0.15, -0.1) is 0 Å². The van der Waals surface area contributed by atoms with Crippen LogP contribution in [0.2, 0.25) is 0 Å². The lowest BCUT2D eigenvalue weighted by Gasteiger charge is -2.18. The van der Waals surface area contributed by atoms with Crippen LogP contribution < -0.4 is 10.6 Å². The molecule has 2 aliphatic rings. The molecule has 2 aromatic rings. The molecule has 7 nitrogen and oxygen atoms in total. The van der Waals surface area contributed by atoms with Crippen molar-refractivity contribution in [2.24, 2.45) is 11.0 Å². The second-order valence-corrected chi connectivity index (χ2v) is 9.57. The van der Waals surface area contributed by atoms with Crippen LogP contribution in [0.1, 0.15) is 44.2 Å². The Hall–Kier alpha value is -2.87. The van der Waals surface area contributed by atoms with E-state index in [0.717, 1.165) is 25.7 Å². The first-order chi connectivity index (χ1) is 16.3. The zero-order chi connectivity index (χ0) is 24.1. The zero-order valence-corrected chi connectivity index (χ0v) is 19.7. The molecule has 1 aliphatic heterocycles. The average molecular weight is 493 g/mol. The number of hydrogen-bond donors (Lipinski definition) is 2. The Morgan fingerprint density at radius 3 is 2.68 bits per heavy atom. The first-order valence-electron chi connectivity index (χ1n) is 11.4. The van der Waals surface area contributed by atoms with E-state index in [1.54, 1.807) is 30.4 Å². The Kier molecular flexibility index (Phi) is 7.56. The number of pyridine rings is 1. The van der Waals surface area contributed by atoms with E-state index in [4.69, 9.17) is 0 Å². The quantitative estimate of drug-likeness (QED) is 0.374. The van der Waals surface area contributed by atoms with Gasteiger partial charge in [0.25, 0.3) is 0 Å². The smallest absolute Gasteiger partial charge is 0.367 e. The van der Waals surface area contributed by atoms with Crippen molar-refractivity contribution in [3.8, 4) is 11.8 Å². The van der Waals surface area contributed by atoms with Crippen LogP contribution in [0.25, 0.3) is 5.52 Å². The average Bonchev–Trinajstić information content (AvgIpc) is 3.26. The molecule has 1 fully saturated rings. The van der Waals surface area contributed by atoms with Gasteiger partial charge in [-0.25, -0.2) is 4.52 Å². The third-order valence-electron chi connectivity index (χ3n) is 5.84. The van der Waals surface area contributed by atoms with Gasteiger partial charge in [0.15, 0.2) is 0 Å². The van der Waals surface area contributed by atoms with E-state index in [9.17, 15) is 18.0 Å². The molecule has 182 valence electrons. The molecule has 11 heteroatoms. The molecule has 2 N–H and O–H groups in total. The number of alkyl halides is 3. The van der Waals surface area contributed by atoms with Crippen LogP contribution in [-0.4, -0.2) is 58.4 Å². The van der Waals surface area contributed by atoms with Crippen LogP contribution in [0.4, 0.5) is 19.0 Å². The lowest BCUT2D eigenvalue weighted by atomic mass is 10.1. The maximum absolute atomic E-state index is 13.3. The van der Waals surface area contributed by atoms with Gasteiger partial charge in [-0.3, -0.25) is 9.80 Å². The van der Waals surface area contributed by atoms with Gasteiger partial charge in [0.1, 0.15) is 11.5 Å². The van der Waals surface area contributed by atoms with E-state index >= 15 is 0 Å². The Morgan fingerprint density at radius 1 is 1.24 bits per heavy atom. The number of amides is 1. The number of carbonyl (C=O) groups is 1. The molecular formula is C23H27F3N6OS. The second-order valence-electron chi connectivity index (χ2n) is 8.50. The first-order valence-corrected chi connectivity index (χ1v) is 12.2. The van der Waals surface area contributed by atoms with Crippen LogP contribution in [0.15, 0.2) is 28.2 Å². The van der Waals surface area contributed by atoms with Crippen molar-refractivity contribution < 1.29 is 18.0 Å². The maximum atomic E-state index is 13.3. The van der Waals surface area contributed by atoms with Crippen molar-refractivity contribution in [3.63, 3.8) is 0 Å². The van der Waals surface area contributed by atoms with Gasteiger partial charge in [-0.05, 0) is 42.7 Å². The molecular weight excluding hydrogens is 465 g/mol. The summed E-state index contributed by atoms with van der Waals surface area (Å²) < 4.78 is 41.5. The highest BCUT2D eigenvalue weighted by Gasteiger charge is 2.33. The highest BCUT2D eigenvalue weighted by molar-refractivity contribution is 8.00. The summed E-state index contributed by atoms with van der Waals surface area (Å²) in [5, 5.41) is 16.2. The number of nitrogens with zero attached hydrogens (tertiary/aromatic N) is 4. The van der Waals surface area contributed by atoms with Gasteiger partial charge >= 0.3 is 5.51 Å². The molecule has 0 spiro atoms. The fourth-order valence-corrected chi connectivity index (χ4v) is 4.88. The maximum Gasteiger partial charge on any atom is 0.446 e. The first kappa shape index (κ1) is 24.3. The van der Waals surface area contributed by atoms with Gasteiger partial charge in [0, 0.05) is 19.3 Å². The normalized spacial score (nSPS) is 19.1. The SMILES string of the molecule is CN1CC(C(=O)NCC#Cc2nn3c(NC4CCCCCC4)cccc3c2SC(F)(F)F)C=N1. The number of hydrogen-bond acceptors (Lipinski definition) is 6. The summed E-state index contributed by atoms with van der Waals surface area (Å²) in [4.78, 5) is 12.1. The number of fused-ring (bicyclic) bond motifs is 1. The Morgan fingerprint density at radius 2 is 2.00 bits per heavy atom. The van der Waals surface area contributed by atoms with E-state index in [2.05, 4.69) is 32.7 Å². The standard InChI is InChI=1S/C23H27F3N6OS/c1-31-15-16(14-28-31)22(33)27-13-7-10-18-21(34-23(24,25)26)19-11-6-12-20(32(19)30-18)29-17-8-4-2-3-5-9-17/h6,11-12,14,16-17,29H,2-5,8-9,13,15H2,1H3,(H,27,33). The van der Waals surface area contributed by atoms with Gasteiger partial charge in [0.05, 0.1) is 29.4 Å². The lowest BCUT2D eigenvalue weighted by Crippen LogP contribution is -2.33. The van der Waals surface area contributed by atoms with Crippen molar-refractivity contribution in [1.82, 2.24) is 19.9 Å². The van der Waals surface area contributed by atoms with Gasteiger partial charge in [-0.1, -0.05) is 37.7 Å². The molecule has 4 rings (SSSR count). The largest absolute Gasteiger partial charge is 0.446 e. The van der Waals surface area contributed by atoms with E-state index in [-0.39, 0.29) is 46.8 Å². The summed E-state index contributed by atoms with van der Waals surface area (Å²) in [7, 11) is 1.77. The van der Waals surface area contributed by atoms with Crippen LogP contribution in [-0.2, 0) is 4.79 Å². The third-order valence-corrected chi connectivity index (χ3v) is 6.67. The Balaban J connectivity index is 1.55. The third kappa shape index (κ3) is 6.17. The predicted octanol–water partition coefficient (Wildman–Crippen LogP) is 4.10. The van der Waals surface area contributed by atoms with E-state index < -0.39 is 5.51 Å². The molecule has 34 heavy (non-hydrogen) atoms. The lowest BCUT2D eigenvalue weighted by molar-refractivity contribution is -0.122. The summed E-state index contributed by atoms with van der Waals surface area (Å²) in [5.74, 6) is 5.54. The number of rotatable bonds is 5. The summed E-state index contributed by atoms with van der Waals surface area (Å²) in [6.07, 6.45) is 8.28. The minimum absolute atomic E-state index is 0.00403. The summed E-state index contributed by atoms with van der Waals surface area (Å²) in [5.41, 5.74) is -4.10. The van der Waals surface area contributed by atoms with Crippen molar-refractivity contribution >= 4 is 35.2 Å². The van der Waals surface area contributed by atoms with Crippen LogP contribution in [0.3, 0.4) is 0 Å². The number of thioether (sulfide) groups is 1. The topological polar surface area (TPSA) is 74.0 Å². The second kappa shape index (κ2) is 10.6. The molecule has 0 bridgehead atoms. The molecule has 1 atom stereocenters. The molecule has 1 unspecified atom stereocenters. The van der Waals surface area contributed by atoms with Crippen LogP contribution >= 0.6 is 11.8 Å². The van der Waals surface area contributed by atoms with Crippen molar-refractivity contribution in [1.29, 1.82) is 0 Å². The molecule has 2 aromatic heterocycles. The molecule has 1 saturated carbocycles. The monoisotopic (exact) mass is 492 g/mol. The Labute approximate surface area is 200 Å². The number of hydrazone groups is 1. The number of nitrogens with one attached hydrogen (secondary N) is 2. The summed E-state index contributed by atoms with van der Waals surface area (Å²) in [6.45, 7) is 0.485. The Bertz CT molecular complexity index is 1110. The number of halogens is 3. The number of aromatic nitrogens is 2. The molecule has 0 saturated heterocycles. The number of carbonyl (C=O) groups excluding carboxylic acids is 1. The van der Waals surface area contributed by atoms with Gasteiger partial charge in [0.2, 0.25) is 5.91 Å². The van der Waals surface area contributed by atoms with Crippen molar-refractivity contribution in [3.05, 3.63) is 23.9 Å². The van der Waals surface area contributed by atoms with Crippen LogP contribution in [0.5, 0.6) is 0 Å². The minimum atomic E-state index is -4.48. The minimum Gasteiger partial charge on any atom is -0.367 e. The molecule has 0 aromatic carbocycles. The fraction of sp³-hybridized carbons (Fsp3) is 0.522. The summed E-state index contributed by atoms with van der Waals surface area (Å²) >= 11 is -0.217. The highest BCUT2D eigenvalue weighted by Crippen LogP contribution is 2.41. The molecule has 0 radical (unpaired) electrons. The van der Waals surface area contributed by atoms with E-state index in [1.807, 2.05) is 6.07 Å². The van der Waals surface area contributed by atoms with E-state index in [1.165, 1.54) is 17.4 Å². The number of anilines is 1. The zero-order valence-electron chi connectivity index (χ0n) is 18.9. The van der Waals surface area contributed by atoms with E-state index in [0.29, 0.717) is 17.9 Å². The summed E-state index contributed by atoms with van der Waals surface area (Å²) in [6, 6.07) is 5.43. The fourth-order valence-electron chi connectivity index (χ4n) is 4.20.